The molecule has 0 spiro atoms. The van der Waals surface area contributed by atoms with Gasteiger partial charge in [-0.3, -0.25) is 4.40 Å². The van der Waals surface area contributed by atoms with E-state index in [4.69, 9.17) is 0 Å². The second-order valence-electron chi connectivity index (χ2n) is 3.44. The molecule has 0 aliphatic heterocycles. The molecule has 80 valence electrons. The van der Waals surface area contributed by atoms with E-state index in [1.165, 1.54) is 6.07 Å². The standard InChI is InChI=1S/C11H5Br2FN2/c12-6-1-2-16-10-5-8(14)7(13)4-9(10)15-11(16)3-6/h1-5H. The Labute approximate surface area is 107 Å². The van der Waals surface area contributed by atoms with E-state index in [9.17, 15) is 4.39 Å². The summed E-state index contributed by atoms with van der Waals surface area (Å²) in [7, 11) is 0. The van der Waals surface area contributed by atoms with Gasteiger partial charge in [-0.25, -0.2) is 9.37 Å². The molecule has 2 heterocycles. The second kappa shape index (κ2) is 3.53. The van der Waals surface area contributed by atoms with Crippen molar-refractivity contribution in [3.63, 3.8) is 0 Å². The lowest BCUT2D eigenvalue weighted by molar-refractivity contribution is 0.622. The Morgan fingerprint density at radius 3 is 2.81 bits per heavy atom. The lowest BCUT2D eigenvalue weighted by Gasteiger charge is -1.97. The van der Waals surface area contributed by atoms with Gasteiger partial charge in [-0.1, -0.05) is 15.9 Å². The summed E-state index contributed by atoms with van der Waals surface area (Å²) in [5.41, 5.74) is 2.33. The predicted octanol–water partition coefficient (Wildman–Crippen LogP) is 4.15. The first-order chi connectivity index (χ1) is 7.65. The summed E-state index contributed by atoms with van der Waals surface area (Å²) >= 11 is 6.54. The molecule has 0 N–H and O–H groups in total. The number of aromatic nitrogens is 2. The van der Waals surface area contributed by atoms with Gasteiger partial charge in [-0.2, -0.15) is 0 Å². The summed E-state index contributed by atoms with van der Waals surface area (Å²) < 4.78 is 16.7. The second-order valence-corrected chi connectivity index (χ2v) is 5.21. The highest BCUT2D eigenvalue weighted by atomic mass is 79.9. The molecule has 0 amide bonds. The quantitative estimate of drug-likeness (QED) is 0.599. The Balaban J connectivity index is 2.51. The Morgan fingerprint density at radius 1 is 1.19 bits per heavy atom. The van der Waals surface area contributed by atoms with Gasteiger partial charge >= 0.3 is 0 Å². The zero-order chi connectivity index (χ0) is 11.3. The van der Waals surface area contributed by atoms with Crippen LogP contribution in [-0.4, -0.2) is 9.38 Å². The molecule has 0 bridgehead atoms. The highest BCUT2D eigenvalue weighted by molar-refractivity contribution is 9.10. The van der Waals surface area contributed by atoms with Crippen molar-refractivity contribution >= 4 is 48.5 Å². The van der Waals surface area contributed by atoms with Crippen molar-refractivity contribution in [2.45, 2.75) is 0 Å². The monoisotopic (exact) mass is 342 g/mol. The summed E-state index contributed by atoms with van der Waals surface area (Å²) in [6.07, 6.45) is 1.86. The minimum Gasteiger partial charge on any atom is -0.299 e. The minimum absolute atomic E-state index is 0.280. The predicted molar refractivity (Wildman–Crippen MR) is 68.1 cm³/mol. The van der Waals surface area contributed by atoms with Gasteiger partial charge in [0.1, 0.15) is 11.5 Å². The van der Waals surface area contributed by atoms with E-state index >= 15 is 0 Å². The molecule has 0 aliphatic rings. The molecule has 1 aromatic carbocycles. The lowest BCUT2D eigenvalue weighted by Crippen LogP contribution is -1.84. The first kappa shape index (κ1) is 10.2. The highest BCUT2D eigenvalue weighted by Crippen LogP contribution is 2.25. The van der Waals surface area contributed by atoms with Crippen molar-refractivity contribution in [3.8, 4) is 0 Å². The molecule has 0 aliphatic carbocycles. The number of benzene rings is 1. The number of imidazole rings is 1. The number of fused-ring (bicyclic) bond motifs is 3. The number of nitrogens with zero attached hydrogens (tertiary/aromatic N) is 2. The molecule has 3 aromatic rings. The SMILES string of the molecule is Fc1cc2c(cc1Br)nc1cc(Br)ccn12. The number of halogens is 3. The summed E-state index contributed by atoms with van der Waals surface area (Å²) in [6.45, 7) is 0. The maximum absolute atomic E-state index is 13.4. The van der Waals surface area contributed by atoms with Crippen LogP contribution in [0.2, 0.25) is 0 Å². The van der Waals surface area contributed by atoms with E-state index in [-0.39, 0.29) is 5.82 Å². The topological polar surface area (TPSA) is 17.3 Å². The van der Waals surface area contributed by atoms with Gasteiger partial charge in [-0.15, -0.1) is 0 Å². The van der Waals surface area contributed by atoms with Gasteiger partial charge in [0.05, 0.1) is 15.5 Å². The van der Waals surface area contributed by atoms with E-state index in [1.807, 2.05) is 22.7 Å². The molecular weight excluding hydrogens is 339 g/mol. The molecule has 0 saturated carbocycles. The van der Waals surface area contributed by atoms with E-state index < -0.39 is 0 Å². The van der Waals surface area contributed by atoms with E-state index in [0.29, 0.717) is 4.47 Å². The maximum atomic E-state index is 13.4. The van der Waals surface area contributed by atoms with Crippen molar-refractivity contribution in [3.05, 3.63) is 45.2 Å². The van der Waals surface area contributed by atoms with Crippen LogP contribution in [-0.2, 0) is 0 Å². The molecular formula is C11H5Br2FN2. The van der Waals surface area contributed by atoms with Gasteiger partial charge in [0, 0.05) is 16.7 Å². The van der Waals surface area contributed by atoms with Crippen LogP contribution >= 0.6 is 31.9 Å². The van der Waals surface area contributed by atoms with Crippen molar-refractivity contribution in [1.29, 1.82) is 0 Å². The summed E-state index contributed by atoms with van der Waals surface area (Å²) in [5.74, 6) is -0.280. The number of hydrogen-bond donors (Lipinski definition) is 0. The molecule has 0 radical (unpaired) electrons. The fraction of sp³-hybridized carbons (Fsp3) is 0. The molecule has 5 heteroatoms. The van der Waals surface area contributed by atoms with E-state index in [2.05, 4.69) is 36.8 Å². The third kappa shape index (κ3) is 1.46. The minimum atomic E-state index is -0.280. The molecule has 2 aromatic heterocycles. The molecule has 0 unspecified atom stereocenters. The Morgan fingerprint density at radius 2 is 2.00 bits per heavy atom. The molecule has 0 fully saturated rings. The van der Waals surface area contributed by atoms with Gasteiger partial charge in [0.2, 0.25) is 0 Å². The normalized spacial score (nSPS) is 11.4. The van der Waals surface area contributed by atoms with E-state index in [1.54, 1.807) is 6.07 Å². The Bertz CT molecular complexity index is 706. The first-order valence-corrected chi connectivity index (χ1v) is 6.16. The van der Waals surface area contributed by atoms with Crippen LogP contribution < -0.4 is 0 Å². The van der Waals surface area contributed by atoms with Crippen LogP contribution in [0.3, 0.4) is 0 Å². The van der Waals surface area contributed by atoms with Crippen LogP contribution in [0.4, 0.5) is 4.39 Å². The van der Waals surface area contributed by atoms with Gasteiger partial charge in [0.25, 0.3) is 0 Å². The Hall–Kier alpha value is -0.940. The van der Waals surface area contributed by atoms with Crippen molar-refractivity contribution in [2.24, 2.45) is 0 Å². The van der Waals surface area contributed by atoms with E-state index in [0.717, 1.165) is 21.2 Å². The largest absolute Gasteiger partial charge is 0.299 e. The zero-order valence-electron chi connectivity index (χ0n) is 7.92. The summed E-state index contributed by atoms with van der Waals surface area (Å²) in [6, 6.07) is 6.96. The average molecular weight is 344 g/mol. The number of pyridine rings is 1. The molecule has 0 atom stereocenters. The number of rotatable bonds is 0. The van der Waals surface area contributed by atoms with Crippen LogP contribution in [0.5, 0.6) is 0 Å². The van der Waals surface area contributed by atoms with Crippen LogP contribution in [0.1, 0.15) is 0 Å². The number of hydrogen-bond acceptors (Lipinski definition) is 1. The van der Waals surface area contributed by atoms with Gasteiger partial charge in [-0.05, 0) is 34.1 Å². The van der Waals surface area contributed by atoms with Gasteiger partial charge in [0.15, 0.2) is 0 Å². The van der Waals surface area contributed by atoms with Crippen LogP contribution in [0, 0.1) is 5.82 Å². The average Bonchev–Trinajstić information content (AvgIpc) is 2.55. The molecule has 16 heavy (non-hydrogen) atoms. The van der Waals surface area contributed by atoms with Crippen molar-refractivity contribution in [2.75, 3.05) is 0 Å². The molecule has 0 saturated heterocycles. The smallest absolute Gasteiger partial charge is 0.139 e. The third-order valence-corrected chi connectivity index (χ3v) is 3.51. The maximum Gasteiger partial charge on any atom is 0.139 e. The van der Waals surface area contributed by atoms with Crippen molar-refractivity contribution < 1.29 is 4.39 Å². The first-order valence-electron chi connectivity index (χ1n) is 4.57. The lowest BCUT2D eigenvalue weighted by atomic mass is 10.3. The third-order valence-electron chi connectivity index (χ3n) is 2.41. The summed E-state index contributed by atoms with van der Waals surface area (Å²) in [5, 5.41) is 0. The van der Waals surface area contributed by atoms with Crippen LogP contribution in [0.15, 0.2) is 39.4 Å². The van der Waals surface area contributed by atoms with Crippen LogP contribution in [0.25, 0.3) is 16.7 Å². The highest BCUT2D eigenvalue weighted by Gasteiger charge is 2.08. The molecule has 2 nitrogen and oxygen atoms in total. The summed E-state index contributed by atoms with van der Waals surface area (Å²) in [4.78, 5) is 4.41. The fourth-order valence-electron chi connectivity index (χ4n) is 1.68. The zero-order valence-corrected chi connectivity index (χ0v) is 11.1. The van der Waals surface area contributed by atoms with Gasteiger partial charge < -0.3 is 0 Å². The Kier molecular flexibility index (Phi) is 2.26. The fourth-order valence-corrected chi connectivity index (χ4v) is 2.34. The molecule has 3 rings (SSSR count). The van der Waals surface area contributed by atoms with Crippen molar-refractivity contribution in [1.82, 2.24) is 9.38 Å².